The monoisotopic (exact) mass is 322 g/mol. The Morgan fingerprint density at radius 3 is 2.73 bits per heavy atom. The van der Waals surface area contributed by atoms with Crippen molar-refractivity contribution in [3.05, 3.63) is 63.5 Å². The van der Waals surface area contributed by atoms with Crippen LogP contribution in [0.1, 0.15) is 18.5 Å². The molecule has 0 radical (unpaired) electrons. The molecule has 0 saturated carbocycles. The van der Waals surface area contributed by atoms with Gasteiger partial charge in [0.25, 0.3) is 5.56 Å². The molecule has 22 heavy (non-hydrogen) atoms. The van der Waals surface area contributed by atoms with Gasteiger partial charge in [-0.1, -0.05) is 17.7 Å². The molecule has 2 rings (SSSR count). The lowest BCUT2D eigenvalue weighted by Crippen LogP contribution is -2.34. The Hall–Kier alpha value is -1.82. The molecule has 1 unspecified atom stereocenters. The zero-order chi connectivity index (χ0) is 15.9. The van der Waals surface area contributed by atoms with Gasteiger partial charge in [0.15, 0.2) is 0 Å². The van der Waals surface area contributed by atoms with Crippen LogP contribution in [0.5, 0.6) is 5.75 Å². The van der Waals surface area contributed by atoms with E-state index < -0.39 is 6.10 Å². The summed E-state index contributed by atoms with van der Waals surface area (Å²) in [5.41, 5.74) is 0.503. The van der Waals surface area contributed by atoms with Crippen molar-refractivity contribution in [1.82, 2.24) is 10.3 Å². The third-order valence-corrected chi connectivity index (χ3v) is 3.48. The van der Waals surface area contributed by atoms with Crippen molar-refractivity contribution in [2.24, 2.45) is 0 Å². The van der Waals surface area contributed by atoms with Gasteiger partial charge in [-0.2, -0.15) is 0 Å². The van der Waals surface area contributed by atoms with Crippen molar-refractivity contribution in [3.8, 4) is 5.75 Å². The fourth-order valence-electron chi connectivity index (χ4n) is 1.98. The van der Waals surface area contributed by atoms with Gasteiger partial charge in [-0.3, -0.25) is 4.79 Å². The fraction of sp³-hybridized carbons (Fsp3) is 0.312. The number of aliphatic hydroxyl groups is 1. The number of rotatable bonds is 7. The Bertz CT molecular complexity index is 642. The van der Waals surface area contributed by atoms with Gasteiger partial charge < -0.3 is 20.1 Å². The molecule has 3 N–H and O–H groups in total. The van der Waals surface area contributed by atoms with Gasteiger partial charge in [0.2, 0.25) is 0 Å². The van der Waals surface area contributed by atoms with Gasteiger partial charge in [0, 0.05) is 29.4 Å². The van der Waals surface area contributed by atoms with Gasteiger partial charge in [-0.05, 0) is 37.3 Å². The van der Waals surface area contributed by atoms with Crippen molar-refractivity contribution >= 4 is 11.6 Å². The lowest BCUT2D eigenvalue weighted by atomic mass is 10.1. The Balaban J connectivity index is 1.78. The van der Waals surface area contributed by atoms with Crippen LogP contribution < -0.4 is 15.6 Å². The van der Waals surface area contributed by atoms with E-state index in [4.69, 9.17) is 16.3 Å². The Morgan fingerprint density at radius 2 is 2.05 bits per heavy atom. The average molecular weight is 323 g/mol. The molecule has 0 saturated heterocycles. The number of nitrogens with one attached hydrogen (secondary N) is 2. The molecule has 0 amide bonds. The SMILES string of the molecule is CC(NC[C@@H](O)COc1ccc(Cl)cc1)c1ccc[nH]c1=O. The third-order valence-electron chi connectivity index (χ3n) is 3.23. The van der Waals surface area contributed by atoms with E-state index in [9.17, 15) is 9.90 Å². The Kier molecular flexibility index (Phi) is 6.00. The van der Waals surface area contributed by atoms with Gasteiger partial charge in [0.1, 0.15) is 18.5 Å². The van der Waals surface area contributed by atoms with E-state index in [0.717, 1.165) is 0 Å². The highest BCUT2D eigenvalue weighted by atomic mass is 35.5. The van der Waals surface area contributed by atoms with Crippen LogP contribution in [0.4, 0.5) is 0 Å². The highest BCUT2D eigenvalue weighted by Gasteiger charge is 2.11. The van der Waals surface area contributed by atoms with Crippen LogP contribution in [0.2, 0.25) is 5.02 Å². The van der Waals surface area contributed by atoms with E-state index >= 15 is 0 Å². The number of hydrogen-bond donors (Lipinski definition) is 3. The summed E-state index contributed by atoms with van der Waals surface area (Å²) >= 11 is 5.79. The average Bonchev–Trinajstić information content (AvgIpc) is 2.52. The standard InChI is InChI=1S/C16H19ClN2O3/c1-11(15-3-2-8-18-16(15)21)19-9-13(20)10-22-14-6-4-12(17)5-7-14/h2-8,11,13,19-20H,9-10H2,1H3,(H,18,21)/t11?,13-/m1/s1. The number of hydrogen-bond acceptors (Lipinski definition) is 4. The third kappa shape index (κ3) is 4.87. The first-order valence-corrected chi connectivity index (χ1v) is 7.41. The van der Waals surface area contributed by atoms with Gasteiger partial charge >= 0.3 is 0 Å². The van der Waals surface area contributed by atoms with Gasteiger partial charge in [-0.25, -0.2) is 0 Å². The number of aromatic amines is 1. The molecule has 2 aromatic rings. The summed E-state index contributed by atoms with van der Waals surface area (Å²) in [6.45, 7) is 2.35. The molecule has 5 nitrogen and oxygen atoms in total. The smallest absolute Gasteiger partial charge is 0.252 e. The highest BCUT2D eigenvalue weighted by Crippen LogP contribution is 2.15. The van der Waals surface area contributed by atoms with E-state index in [1.54, 1.807) is 42.6 Å². The topological polar surface area (TPSA) is 74.3 Å². The summed E-state index contributed by atoms with van der Waals surface area (Å²) in [5.74, 6) is 0.649. The molecule has 1 heterocycles. The second-order valence-electron chi connectivity index (χ2n) is 5.00. The number of aromatic nitrogens is 1. The van der Waals surface area contributed by atoms with E-state index in [-0.39, 0.29) is 18.2 Å². The number of aliphatic hydroxyl groups excluding tert-OH is 1. The van der Waals surface area contributed by atoms with Crippen molar-refractivity contribution in [2.75, 3.05) is 13.2 Å². The minimum absolute atomic E-state index is 0.130. The van der Waals surface area contributed by atoms with Crippen molar-refractivity contribution in [1.29, 1.82) is 0 Å². The van der Waals surface area contributed by atoms with Crippen molar-refractivity contribution < 1.29 is 9.84 Å². The largest absolute Gasteiger partial charge is 0.491 e. The van der Waals surface area contributed by atoms with Crippen LogP contribution in [0.3, 0.4) is 0 Å². The molecule has 0 bridgehead atoms. The number of pyridine rings is 1. The molecular formula is C16H19ClN2O3. The molecule has 6 heteroatoms. The van der Waals surface area contributed by atoms with Gasteiger partial charge in [0.05, 0.1) is 0 Å². The normalized spacial score (nSPS) is 13.6. The summed E-state index contributed by atoms with van der Waals surface area (Å²) in [7, 11) is 0. The molecule has 1 aromatic heterocycles. The first-order chi connectivity index (χ1) is 10.6. The van der Waals surface area contributed by atoms with Crippen LogP contribution in [0.15, 0.2) is 47.4 Å². The number of ether oxygens (including phenoxy) is 1. The minimum atomic E-state index is -0.680. The van der Waals surface area contributed by atoms with E-state index in [1.807, 2.05) is 6.92 Å². The number of halogens is 1. The zero-order valence-electron chi connectivity index (χ0n) is 12.3. The predicted molar refractivity (Wildman–Crippen MR) is 86.4 cm³/mol. The molecule has 1 aromatic carbocycles. The number of H-pyrrole nitrogens is 1. The molecular weight excluding hydrogens is 304 g/mol. The summed E-state index contributed by atoms with van der Waals surface area (Å²) in [4.78, 5) is 14.3. The number of benzene rings is 1. The molecule has 0 aliphatic carbocycles. The van der Waals surface area contributed by atoms with Crippen LogP contribution in [0, 0.1) is 0 Å². The summed E-state index contributed by atoms with van der Waals surface area (Å²) < 4.78 is 5.47. The molecule has 0 spiro atoms. The molecule has 0 fully saturated rings. The summed E-state index contributed by atoms with van der Waals surface area (Å²) in [5, 5.41) is 13.7. The lowest BCUT2D eigenvalue weighted by molar-refractivity contribution is 0.104. The second kappa shape index (κ2) is 7.98. The van der Waals surface area contributed by atoms with Crippen LogP contribution >= 0.6 is 11.6 Å². The predicted octanol–water partition coefficient (Wildman–Crippen LogP) is 2.12. The Labute approximate surface area is 133 Å². The van der Waals surface area contributed by atoms with Crippen LogP contribution in [-0.2, 0) is 0 Å². The molecule has 0 aliphatic heterocycles. The molecule has 0 aliphatic rings. The Morgan fingerprint density at radius 1 is 1.32 bits per heavy atom. The summed E-state index contributed by atoms with van der Waals surface area (Å²) in [6, 6.07) is 10.3. The van der Waals surface area contributed by atoms with Crippen molar-refractivity contribution in [3.63, 3.8) is 0 Å². The summed E-state index contributed by atoms with van der Waals surface area (Å²) in [6.07, 6.45) is 0.911. The first-order valence-electron chi connectivity index (χ1n) is 7.03. The maximum Gasteiger partial charge on any atom is 0.252 e. The first kappa shape index (κ1) is 16.5. The quantitative estimate of drug-likeness (QED) is 0.730. The maximum atomic E-state index is 11.7. The maximum absolute atomic E-state index is 11.7. The lowest BCUT2D eigenvalue weighted by Gasteiger charge is -2.17. The molecule has 2 atom stereocenters. The van der Waals surface area contributed by atoms with E-state index in [0.29, 0.717) is 22.9 Å². The minimum Gasteiger partial charge on any atom is -0.491 e. The highest BCUT2D eigenvalue weighted by molar-refractivity contribution is 6.30. The fourth-order valence-corrected chi connectivity index (χ4v) is 2.11. The van der Waals surface area contributed by atoms with E-state index in [1.165, 1.54) is 0 Å². The zero-order valence-corrected chi connectivity index (χ0v) is 13.0. The van der Waals surface area contributed by atoms with E-state index in [2.05, 4.69) is 10.3 Å². The van der Waals surface area contributed by atoms with Crippen molar-refractivity contribution in [2.45, 2.75) is 19.1 Å². The second-order valence-corrected chi connectivity index (χ2v) is 5.44. The van der Waals surface area contributed by atoms with Crippen LogP contribution in [0.25, 0.3) is 0 Å². The molecule has 118 valence electrons. The van der Waals surface area contributed by atoms with Gasteiger partial charge in [-0.15, -0.1) is 0 Å². The van der Waals surface area contributed by atoms with Crippen LogP contribution in [-0.4, -0.2) is 29.3 Å².